The number of rotatable bonds is 4. The molecule has 2 N–H and O–H groups in total. The highest BCUT2D eigenvalue weighted by atomic mass is 16.3. The molecule has 1 saturated heterocycles. The molecule has 0 aliphatic carbocycles. The van der Waals surface area contributed by atoms with Gasteiger partial charge in [0.25, 0.3) is 0 Å². The van der Waals surface area contributed by atoms with Crippen LogP contribution < -0.4 is 5.32 Å². The van der Waals surface area contributed by atoms with Gasteiger partial charge in [0.1, 0.15) is 0 Å². The van der Waals surface area contributed by atoms with Crippen molar-refractivity contribution in [1.82, 2.24) is 10.2 Å². The molecule has 1 aliphatic rings. The fourth-order valence-electron chi connectivity index (χ4n) is 2.11. The molecule has 0 spiro atoms. The molecule has 1 fully saturated rings. The van der Waals surface area contributed by atoms with E-state index in [1.165, 1.54) is 11.9 Å². The topological polar surface area (TPSA) is 69.6 Å². The Morgan fingerprint density at radius 3 is 2.53 bits per heavy atom. The highest BCUT2D eigenvalue weighted by molar-refractivity contribution is 6.00. The molecule has 0 bridgehead atoms. The first-order chi connectivity index (χ1) is 9.11. The SMILES string of the molecule is CN1C(=O)CCC(NCc2ccc(CO)cc2)C1=O. The van der Waals surface area contributed by atoms with E-state index in [1.807, 2.05) is 24.3 Å². The molecule has 1 aliphatic heterocycles. The zero-order chi connectivity index (χ0) is 13.8. The van der Waals surface area contributed by atoms with Gasteiger partial charge in [-0.05, 0) is 17.5 Å². The standard InChI is InChI=1S/C14H18N2O3/c1-16-13(18)7-6-12(14(16)19)15-8-10-2-4-11(9-17)5-3-10/h2-5,12,15,17H,6-9H2,1H3. The number of aliphatic hydroxyl groups excluding tert-OH is 1. The average molecular weight is 262 g/mol. The molecule has 0 aromatic heterocycles. The van der Waals surface area contributed by atoms with E-state index < -0.39 is 0 Å². The van der Waals surface area contributed by atoms with Crippen molar-refractivity contribution >= 4 is 11.8 Å². The molecular weight excluding hydrogens is 244 g/mol. The summed E-state index contributed by atoms with van der Waals surface area (Å²) < 4.78 is 0. The van der Waals surface area contributed by atoms with Crippen LogP contribution in [0.1, 0.15) is 24.0 Å². The summed E-state index contributed by atoms with van der Waals surface area (Å²) in [6.07, 6.45) is 0.958. The van der Waals surface area contributed by atoms with Gasteiger partial charge >= 0.3 is 0 Å². The van der Waals surface area contributed by atoms with Crippen molar-refractivity contribution < 1.29 is 14.7 Å². The number of carbonyl (C=O) groups is 2. The minimum Gasteiger partial charge on any atom is -0.392 e. The summed E-state index contributed by atoms with van der Waals surface area (Å²) in [5.41, 5.74) is 1.91. The molecule has 0 radical (unpaired) electrons. The maximum Gasteiger partial charge on any atom is 0.246 e. The van der Waals surface area contributed by atoms with Crippen LogP contribution in [-0.4, -0.2) is 34.9 Å². The van der Waals surface area contributed by atoms with E-state index in [1.54, 1.807) is 0 Å². The van der Waals surface area contributed by atoms with Crippen LogP contribution >= 0.6 is 0 Å². The number of carbonyl (C=O) groups excluding carboxylic acids is 2. The largest absolute Gasteiger partial charge is 0.392 e. The molecule has 2 amide bonds. The molecule has 5 heteroatoms. The van der Waals surface area contributed by atoms with Gasteiger partial charge in [0.15, 0.2) is 0 Å². The van der Waals surface area contributed by atoms with Crippen molar-refractivity contribution in [3.63, 3.8) is 0 Å². The lowest BCUT2D eigenvalue weighted by Crippen LogP contribution is -2.51. The predicted octanol–water partition coefficient (Wildman–Crippen LogP) is 0.416. The molecule has 1 aromatic carbocycles. The summed E-state index contributed by atoms with van der Waals surface area (Å²) in [5.74, 6) is -0.279. The quantitative estimate of drug-likeness (QED) is 0.771. The third-order valence-electron chi connectivity index (χ3n) is 3.41. The van der Waals surface area contributed by atoms with Gasteiger partial charge in [-0.25, -0.2) is 0 Å². The minimum atomic E-state index is -0.291. The number of aliphatic hydroxyl groups is 1. The van der Waals surface area contributed by atoms with Crippen molar-refractivity contribution in [2.24, 2.45) is 0 Å². The van der Waals surface area contributed by atoms with E-state index in [9.17, 15) is 9.59 Å². The fourth-order valence-corrected chi connectivity index (χ4v) is 2.11. The van der Waals surface area contributed by atoms with Crippen molar-refractivity contribution in [1.29, 1.82) is 0 Å². The summed E-state index contributed by atoms with van der Waals surface area (Å²) in [6.45, 7) is 0.603. The van der Waals surface area contributed by atoms with Crippen LogP contribution in [0.2, 0.25) is 0 Å². The van der Waals surface area contributed by atoms with E-state index >= 15 is 0 Å². The monoisotopic (exact) mass is 262 g/mol. The highest BCUT2D eigenvalue weighted by Crippen LogP contribution is 2.12. The lowest BCUT2D eigenvalue weighted by atomic mass is 10.0. The molecule has 1 aromatic rings. The zero-order valence-electron chi connectivity index (χ0n) is 10.9. The normalized spacial score (nSPS) is 19.9. The molecule has 2 rings (SSSR count). The maximum absolute atomic E-state index is 11.9. The Bertz CT molecular complexity index is 470. The van der Waals surface area contributed by atoms with Crippen molar-refractivity contribution in [2.75, 3.05) is 7.05 Å². The zero-order valence-corrected chi connectivity index (χ0v) is 10.9. The van der Waals surface area contributed by atoms with Crippen molar-refractivity contribution in [3.8, 4) is 0 Å². The van der Waals surface area contributed by atoms with Gasteiger partial charge in [0.2, 0.25) is 11.8 Å². The maximum atomic E-state index is 11.9. The van der Waals surface area contributed by atoms with Crippen LogP contribution in [0.25, 0.3) is 0 Å². The van der Waals surface area contributed by atoms with E-state index in [4.69, 9.17) is 5.11 Å². The molecule has 1 heterocycles. The molecule has 0 saturated carbocycles. The van der Waals surface area contributed by atoms with Gasteiger partial charge in [-0.1, -0.05) is 24.3 Å². The molecule has 5 nitrogen and oxygen atoms in total. The number of imide groups is 1. The number of likely N-dealkylation sites (tertiary alicyclic amines) is 1. The third-order valence-corrected chi connectivity index (χ3v) is 3.41. The number of piperidine rings is 1. The van der Waals surface area contributed by atoms with E-state index in [-0.39, 0.29) is 24.5 Å². The second-order valence-corrected chi connectivity index (χ2v) is 4.74. The van der Waals surface area contributed by atoms with E-state index in [0.29, 0.717) is 19.4 Å². The highest BCUT2D eigenvalue weighted by Gasteiger charge is 2.31. The molecule has 1 atom stereocenters. The van der Waals surface area contributed by atoms with Crippen molar-refractivity contribution in [2.45, 2.75) is 32.0 Å². The van der Waals surface area contributed by atoms with Crippen LogP contribution in [-0.2, 0) is 22.7 Å². The molecule has 102 valence electrons. The van der Waals surface area contributed by atoms with Crippen molar-refractivity contribution in [3.05, 3.63) is 35.4 Å². The second-order valence-electron chi connectivity index (χ2n) is 4.74. The first-order valence-corrected chi connectivity index (χ1v) is 6.34. The minimum absolute atomic E-state index is 0.0295. The summed E-state index contributed by atoms with van der Waals surface area (Å²) in [4.78, 5) is 24.4. The van der Waals surface area contributed by atoms with Gasteiger partial charge in [0.05, 0.1) is 12.6 Å². The van der Waals surface area contributed by atoms with Crippen LogP contribution in [0.15, 0.2) is 24.3 Å². The van der Waals surface area contributed by atoms with E-state index in [2.05, 4.69) is 5.32 Å². The Morgan fingerprint density at radius 2 is 1.89 bits per heavy atom. The van der Waals surface area contributed by atoms with E-state index in [0.717, 1.165) is 11.1 Å². The van der Waals surface area contributed by atoms with Crippen LogP contribution in [0.4, 0.5) is 0 Å². The van der Waals surface area contributed by atoms with Gasteiger partial charge in [-0.15, -0.1) is 0 Å². The summed E-state index contributed by atoms with van der Waals surface area (Å²) >= 11 is 0. The first kappa shape index (κ1) is 13.7. The Hall–Kier alpha value is -1.72. The summed E-state index contributed by atoms with van der Waals surface area (Å²) in [6, 6.07) is 7.26. The number of nitrogens with zero attached hydrogens (tertiary/aromatic N) is 1. The summed E-state index contributed by atoms with van der Waals surface area (Å²) in [5, 5.41) is 12.1. The number of benzene rings is 1. The van der Waals surface area contributed by atoms with Gasteiger partial charge in [-0.3, -0.25) is 14.5 Å². The molecule has 19 heavy (non-hydrogen) atoms. The second kappa shape index (κ2) is 5.95. The molecule has 1 unspecified atom stereocenters. The Morgan fingerprint density at radius 1 is 1.26 bits per heavy atom. The number of hydrogen-bond acceptors (Lipinski definition) is 4. The fraction of sp³-hybridized carbons (Fsp3) is 0.429. The number of likely N-dealkylation sites (N-methyl/N-ethyl adjacent to an activating group) is 1. The molecular formula is C14H18N2O3. The number of nitrogens with one attached hydrogen (secondary N) is 1. The van der Waals surface area contributed by atoms with Gasteiger partial charge in [-0.2, -0.15) is 0 Å². The average Bonchev–Trinajstić information content (AvgIpc) is 2.45. The number of hydrogen-bond donors (Lipinski definition) is 2. The number of amides is 2. The Kier molecular flexibility index (Phi) is 4.29. The lowest BCUT2D eigenvalue weighted by molar-refractivity contribution is -0.148. The van der Waals surface area contributed by atoms with Gasteiger partial charge in [0, 0.05) is 20.0 Å². The lowest BCUT2D eigenvalue weighted by Gasteiger charge is -2.28. The first-order valence-electron chi connectivity index (χ1n) is 6.34. The van der Waals surface area contributed by atoms with Crippen LogP contribution in [0, 0.1) is 0 Å². The third kappa shape index (κ3) is 3.19. The van der Waals surface area contributed by atoms with Crippen LogP contribution in [0.5, 0.6) is 0 Å². The summed E-state index contributed by atoms with van der Waals surface area (Å²) in [7, 11) is 1.52. The Balaban J connectivity index is 1.91. The van der Waals surface area contributed by atoms with Gasteiger partial charge < -0.3 is 10.4 Å². The Labute approximate surface area is 112 Å². The predicted molar refractivity (Wildman–Crippen MR) is 70.0 cm³/mol. The van der Waals surface area contributed by atoms with Crippen LogP contribution in [0.3, 0.4) is 0 Å². The smallest absolute Gasteiger partial charge is 0.246 e.